The number of halogens is 2. The average Bonchev–Trinajstić information content (AvgIpc) is 3.12. The van der Waals surface area contributed by atoms with E-state index in [0.29, 0.717) is 23.2 Å². The summed E-state index contributed by atoms with van der Waals surface area (Å²) in [4.78, 5) is 17.7. The van der Waals surface area contributed by atoms with Gasteiger partial charge < -0.3 is 4.74 Å². The molecular formula is C42H41F2NO2. The van der Waals surface area contributed by atoms with Crippen LogP contribution in [0.15, 0.2) is 97.1 Å². The van der Waals surface area contributed by atoms with Crippen molar-refractivity contribution in [2.75, 3.05) is 0 Å². The molecule has 47 heavy (non-hydrogen) atoms. The fourth-order valence-electron chi connectivity index (χ4n) is 9.02. The van der Waals surface area contributed by atoms with E-state index in [0.717, 1.165) is 53.5 Å². The van der Waals surface area contributed by atoms with Gasteiger partial charge in [-0.1, -0.05) is 111 Å². The molecule has 1 aliphatic heterocycles. The number of ketones is 1. The monoisotopic (exact) mass is 629 g/mol. The summed E-state index contributed by atoms with van der Waals surface area (Å²) in [6.07, 6.45) is 13.0. The van der Waals surface area contributed by atoms with Gasteiger partial charge in [-0.05, 0) is 83.9 Å². The minimum Gasteiger partial charge on any atom is -0.342 e. The van der Waals surface area contributed by atoms with E-state index in [-0.39, 0.29) is 11.6 Å². The molecule has 0 unspecified atom stereocenters. The lowest BCUT2D eigenvalue weighted by Crippen LogP contribution is -2.54. The fourth-order valence-corrected chi connectivity index (χ4v) is 9.02. The zero-order chi connectivity index (χ0) is 32.0. The van der Waals surface area contributed by atoms with Crippen molar-refractivity contribution in [1.29, 1.82) is 0 Å². The summed E-state index contributed by atoms with van der Waals surface area (Å²) in [7, 11) is 0. The van der Waals surface area contributed by atoms with Gasteiger partial charge in [0, 0.05) is 23.2 Å². The third-order valence-electron chi connectivity index (χ3n) is 11.1. The molecule has 0 saturated heterocycles. The maximum absolute atomic E-state index is 15.5. The van der Waals surface area contributed by atoms with Gasteiger partial charge in [0.1, 0.15) is 23.5 Å². The van der Waals surface area contributed by atoms with Crippen LogP contribution in [-0.4, -0.2) is 22.8 Å². The number of hydrogen-bond donors (Lipinski definition) is 0. The van der Waals surface area contributed by atoms with Crippen molar-refractivity contribution in [1.82, 2.24) is 4.90 Å². The molecule has 0 amide bonds. The highest BCUT2D eigenvalue weighted by atomic mass is 19.1. The molecule has 8 rings (SSSR count). The van der Waals surface area contributed by atoms with Gasteiger partial charge >= 0.3 is 0 Å². The number of nitrogens with zero attached hydrogens (tertiary/aromatic N) is 1. The molecule has 2 saturated carbocycles. The lowest BCUT2D eigenvalue weighted by atomic mass is 9.62. The summed E-state index contributed by atoms with van der Waals surface area (Å²) >= 11 is 0. The van der Waals surface area contributed by atoms with Crippen molar-refractivity contribution >= 4 is 17.4 Å². The molecule has 240 valence electrons. The molecule has 0 aromatic heterocycles. The average molecular weight is 630 g/mol. The molecule has 5 heteroatoms. The first-order chi connectivity index (χ1) is 23.0. The molecule has 0 spiro atoms. The van der Waals surface area contributed by atoms with Crippen molar-refractivity contribution in [3.05, 3.63) is 142 Å². The van der Waals surface area contributed by atoms with Crippen LogP contribution in [-0.2, 0) is 10.3 Å². The fraction of sp³-hybridized carbons (Fsp3) is 0.357. The summed E-state index contributed by atoms with van der Waals surface area (Å²) in [5.74, 6) is -1.78. The van der Waals surface area contributed by atoms with E-state index in [2.05, 4.69) is 4.90 Å². The minimum absolute atomic E-state index is 0.146. The van der Waals surface area contributed by atoms with Crippen molar-refractivity contribution in [2.24, 2.45) is 0 Å². The Labute approximate surface area is 276 Å². The van der Waals surface area contributed by atoms with E-state index in [4.69, 9.17) is 4.74 Å². The van der Waals surface area contributed by atoms with Crippen LogP contribution in [0, 0.1) is 11.6 Å². The van der Waals surface area contributed by atoms with Crippen LogP contribution in [0.1, 0.15) is 115 Å². The van der Waals surface area contributed by atoms with Crippen LogP contribution in [0.3, 0.4) is 0 Å². The smallest absolute Gasteiger partial charge is 0.173 e. The SMILES string of the molecule is O=C(c1ccccc1)[C@@H]1c2cc(F)ccc2C=C2c3cc(F)ccc3[C@H](N(C3CCCCC3)C3CCCCC3)O[C@@]21c1ccccc1. The molecule has 1 heterocycles. The number of hydrogen-bond acceptors (Lipinski definition) is 3. The molecule has 3 nitrogen and oxygen atoms in total. The second-order valence-electron chi connectivity index (χ2n) is 13.8. The lowest BCUT2D eigenvalue weighted by Gasteiger charge is -2.55. The van der Waals surface area contributed by atoms with Crippen LogP contribution in [0.25, 0.3) is 11.6 Å². The Morgan fingerprint density at radius 1 is 0.681 bits per heavy atom. The summed E-state index contributed by atoms with van der Waals surface area (Å²) in [5.41, 5.74) is 3.80. The van der Waals surface area contributed by atoms with Gasteiger partial charge in [0.15, 0.2) is 5.78 Å². The van der Waals surface area contributed by atoms with Gasteiger partial charge in [-0.25, -0.2) is 8.78 Å². The van der Waals surface area contributed by atoms with Gasteiger partial charge in [0.25, 0.3) is 0 Å². The molecule has 0 N–H and O–H groups in total. The summed E-state index contributed by atoms with van der Waals surface area (Å²) in [6, 6.07) is 29.6. The third-order valence-corrected chi connectivity index (χ3v) is 11.1. The normalized spacial score (nSPS) is 24.6. The van der Waals surface area contributed by atoms with Crippen molar-refractivity contribution in [3.63, 3.8) is 0 Å². The Balaban J connectivity index is 1.42. The predicted molar refractivity (Wildman–Crippen MR) is 182 cm³/mol. The number of carbonyl (C=O) groups is 1. The summed E-state index contributed by atoms with van der Waals surface area (Å²) < 4.78 is 38.5. The quantitative estimate of drug-likeness (QED) is 0.199. The molecule has 4 aliphatic rings. The number of fused-ring (bicyclic) bond motifs is 4. The Kier molecular flexibility index (Phi) is 8.15. The van der Waals surface area contributed by atoms with Crippen LogP contribution in [0.4, 0.5) is 8.78 Å². The Morgan fingerprint density at radius 2 is 1.28 bits per heavy atom. The maximum Gasteiger partial charge on any atom is 0.173 e. The van der Waals surface area contributed by atoms with Crippen molar-refractivity contribution in [3.8, 4) is 0 Å². The standard InChI is InChI=1S/C42H41F2NO2/c43-31-22-21-29-25-38-37-27-32(44)23-24-35(37)41(45(33-17-9-3-10-18-33)34-19-11-4-12-20-34)47-42(38,30-15-7-2-8-16-30)39(36(29)26-31)40(46)28-13-5-1-6-14-28/h1-2,5-8,13-16,21-27,33-34,39,41H,3-4,9-12,17-20H2/t39-,41+,42-/m0/s1. The predicted octanol–water partition coefficient (Wildman–Crippen LogP) is 10.4. The summed E-state index contributed by atoms with van der Waals surface area (Å²) in [5, 5.41) is 0. The highest BCUT2D eigenvalue weighted by Gasteiger charge is 2.58. The van der Waals surface area contributed by atoms with Crippen molar-refractivity contribution in [2.45, 2.75) is 94.0 Å². The number of ether oxygens (including phenoxy) is 1. The zero-order valence-electron chi connectivity index (χ0n) is 26.7. The molecule has 3 aliphatic carbocycles. The van der Waals surface area contributed by atoms with E-state index >= 15 is 13.6 Å². The van der Waals surface area contributed by atoms with Crippen LogP contribution in [0.2, 0.25) is 0 Å². The van der Waals surface area contributed by atoms with Gasteiger partial charge in [0.2, 0.25) is 0 Å². The van der Waals surface area contributed by atoms with E-state index in [1.165, 1.54) is 50.7 Å². The maximum atomic E-state index is 15.5. The molecule has 0 radical (unpaired) electrons. The van der Waals surface area contributed by atoms with Gasteiger partial charge in [-0.2, -0.15) is 0 Å². The molecule has 3 atom stereocenters. The van der Waals surface area contributed by atoms with Crippen LogP contribution >= 0.6 is 0 Å². The second-order valence-corrected chi connectivity index (χ2v) is 13.8. The number of rotatable bonds is 6. The third kappa shape index (κ3) is 5.28. The van der Waals surface area contributed by atoms with Gasteiger partial charge in [-0.15, -0.1) is 0 Å². The minimum atomic E-state index is -1.33. The number of Topliss-reactive ketones (excluding diaryl/α,β-unsaturated/α-hetero) is 1. The van der Waals surface area contributed by atoms with Crippen LogP contribution in [0.5, 0.6) is 0 Å². The van der Waals surface area contributed by atoms with Crippen molar-refractivity contribution < 1.29 is 18.3 Å². The largest absolute Gasteiger partial charge is 0.342 e. The van der Waals surface area contributed by atoms with E-state index in [1.54, 1.807) is 18.2 Å². The Morgan fingerprint density at radius 3 is 1.94 bits per heavy atom. The van der Waals surface area contributed by atoms with E-state index in [9.17, 15) is 0 Å². The van der Waals surface area contributed by atoms with Gasteiger partial charge in [-0.3, -0.25) is 9.69 Å². The van der Waals surface area contributed by atoms with Crippen LogP contribution < -0.4 is 0 Å². The first-order valence-electron chi connectivity index (χ1n) is 17.5. The molecule has 2 fully saturated rings. The van der Waals surface area contributed by atoms with E-state index in [1.807, 2.05) is 72.8 Å². The lowest BCUT2D eigenvalue weighted by molar-refractivity contribution is -0.179. The number of carbonyl (C=O) groups excluding carboxylic acids is 1. The molecule has 4 aromatic rings. The molecular weight excluding hydrogens is 588 g/mol. The second kappa shape index (κ2) is 12.6. The first kappa shape index (κ1) is 30.4. The van der Waals surface area contributed by atoms with Gasteiger partial charge in [0.05, 0.1) is 5.92 Å². The summed E-state index contributed by atoms with van der Waals surface area (Å²) in [6.45, 7) is 0. The topological polar surface area (TPSA) is 29.5 Å². The first-order valence-corrected chi connectivity index (χ1v) is 17.5. The molecule has 4 aromatic carbocycles. The highest BCUT2D eigenvalue weighted by molar-refractivity contribution is 6.07. The highest BCUT2D eigenvalue weighted by Crippen LogP contribution is 2.61. The molecule has 0 bridgehead atoms. The zero-order valence-corrected chi connectivity index (χ0v) is 26.7. The van der Waals surface area contributed by atoms with E-state index < -0.39 is 23.6 Å². The Hall–Kier alpha value is -3.93. The number of benzene rings is 4. The Bertz CT molecular complexity index is 1770.